The van der Waals surface area contributed by atoms with E-state index in [0.29, 0.717) is 18.0 Å². The van der Waals surface area contributed by atoms with Gasteiger partial charge in [-0.05, 0) is 62.4 Å². The van der Waals surface area contributed by atoms with Crippen LogP contribution in [0.15, 0.2) is 36.4 Å². The molecule has 2 nitrogen and oxygen atoms in total. The number of thiophene rings is 1. The molecule has 21 heavy (non-hydrogen) atoms. The Morgan fingerprint density at radius 3 is 2.43 bits per heavy atom. The molecule has 1 atom stereocenters. The van der Waals surface area contributed by atoms with Crippen LogP contribution in [0.2, 0.25) is 0 Å². The minimum Gasteiger partial charge on any atom is -0.497 e. The Labute approximate surface area is 131 Å². The molecule has 0 aliphatic heterocycles. The second kappa shape index (κ2) is 6.20. The normalized spacial score (nSPS) is 22.6. The van der Waals surface area contributed by atoms with Crippen molar-refractivity contribution < 1.29 is 4.74 Å². The van der Waals surface area contributed by atoms with Crippen LogP contribution in [0.25, 0.3) is 0 Å². The van der Waals surface area contributed by atoms with Crippen LogP contribution in [-0.2, 0) is 0 Å². The molecule has 3 heteroatoms. The van der Waals surface area contributed by atoms with Crippen LogP contribution in [0.4, 0.5) is 0 Å². The second-order valence-electron chi connectivity index (χ2n) is 5.98. The first-order valence-corrected chi connectivity index (χ1v) is 8.43. The highest BCUT2D eigenvalue weighted by Gasteiger charge is 2.31. The van der Waals surface area contributed by atoms with Gasteiger partial charge in [-0.1, -0.05) is 12.1 Å². The van der Waals surface area contributed by atoms with Crippen LogP contribution in [0.5, 0.6) is 5.75 Å². The Bertz CT molecular complexity index is 584. The molecule has 1 aliphatic carbocycles. The molecule has 112 valence electrons. The standard InChI is InChI=1S/C18H23NOS/c1-12-4-9-18(21-12)13(2)19-16-10-15(11-16)14-5-7-17(20-3)8-6-14/h4-9,13,15-16,19H,10-11H2,1-3H3. The molecule has 1 fully saturated rings. The minimum absolute atomic E-state index is 0.463. The number of benzene rings is 1. The van der Waals surface area contributed by atoms with Crippen LogP contribution in [0.1, 0.15) is 47.0 Å². The number of methoxy groups -OCH3 is 1. The van der Waals surface area contributed by atoms with Gasteiger partial charge in [0, 0.05) is 21.8 Å². The largest absolute Gasteiger partial charge is 0.497 e. The Morgan fingerprint density at radius 1 is 1.14 bits per heavy atom. The first-order valence-electron chi connectivity index (χ1n) is 7.62. The zero-order chi connectivity index (χ0) is 14.8. The van der Waals surface area contributed by atoms with Crippen molar-refractivity contribution in [2.75, 3.05) is 7.11 Å². The predicted octanol–water partition coefficient (Wildman–Crippen LogP) is 4.66. The van der Waals surface area contributed by atoms with Gasteiger partial charge in [0.05, 0.1) is 7.11 Å². The Morgan fingerprint density at radius 2 is 1.86 bits per heavy atom. The van der Waals surface area contributed by atoms with E-state index in [4.69, 9.17) is 4.74 Å². The van der Waals surface area contributed by atoms with E-state index >= 15 is 0 Å². The highest BCUT2D eigenvalue weighted by Crippen LogP contribution is 2.38. The van der Waals surface area contributed by atoms with Crippen LogP contribution in [0.3, 0.4) is 0 Å². The summed E-state index contributed by atoms with van der Waals surface area (Å²) in [7, 11) is 1.71. The van der Waals surface area contributed by atoms with Crippen molar-refractivity contribution in [3.8, 4) is 5.75 Å². The van der Waals surface area contributed by atoms with E-state index < -0.39 is 0 Å². The first-order chi connectivity index (χ1) is 10.2. The second-order valence-corrected chi connectivity index (χ2v) is 7.29. The highest BCUT2D eigenvalue weighted by molar-refractivity contribution is 7.12. The molecule has 2 aromatic rings. The molecule has 3 rings (SSSR count). The van der Waals surface area contributed by atoms with Gasteiger partial charge in [0.15, 0.2) is 0 Å². The molecular formula is C18H23NOS. The molecule has 1 saturated carbocycles. The fourth-order valence-corrected chi connectivity index (χ4v) is 3.91. The van der Waals surface area contributed by atoms with Crippen molar-refractivity contribution in [3.05, 3.63) is 51.7 Å². The van der Waals surface area contributed by atoms with E-state index in [-0.39, 0.29) is 0 Å². The molecule has 0 amide bonds. The van der Waals surface area contributed by atoms with Crippen LogP contribution in [-0.4, -0.2) is 13.2 Å². The zero-order valence-corrected chi connectivity index (χ0v) is 13.7. The fourth-order valence-electron chi connectivity index (χ4n) is 3.02. The number of nitrogens with one attached hydrogen (secondary N) is 1. The van der Waals surface area contributed by atoms with Crippen LogP contribution >= 0.6 is 11.3 Å². The quantitative estimate of drug-likeness (QED) is 0.867. The molecule has 1 aromatic heterocycles. The summed E-state index contributed by atoms with van der Waals surface area (Å²) in [4.78, 5) is 2.84. The van der Waals surface area contributed by atoms with Gasteiger partial charge in [0.25, 0.3) is 0 Å². The van der Waals surface area contributed by atoms with Gasteiger partial charge in [-0.15, -0.1) is 11.3 Å². The smallest absolute Gasteiger partial charge is 0.118 e. The zero-order valence-electron chi connectivity index (χ0n) is 12.9. The monoisotopic (exact) mass is 301 g/mol. The average Bonchev–Trinajstić information content (AvgIpc) is 2.89. The molecule has 1 heterocycles. The van der Waals surface area contributed by atoms with Gasteiger partial charge in [-0.25, -0.2) is 0 Å². The summed E-state index contributed by atoms with van der Waals surface area (Å²) in [5.41, 5.74) is 1.44. The third-order valence-electron chi connectivity index (χ3n) is 4.40. The van der Waals surface area contributed by atoms with E-state index in [1.807, 2.05) is 11.3 Å². The molecule has 1 aliphatic rings. The average molecular weight is 301 g/mol. The summed E-state index contributed by atoms with van der Waals surface area (Å²) in [5, 5.41) is 3.75. The van der Waals surface area contributed by atoms with Gasteiger partial charge in [-0.3, -0.25) is 0 Å². The van der Waals surface area contributed by atoms with Crippen LogP contribution in [0, 0.1) is 6.92 Å². The van der Waals surface area contributed by atoms with Gasteiger partial charge in [0.2, 0.25) is 0 Å². The lowest BCUT2D eigenvalue weighted by atomic mass is 9.75. The summed E-state index contributed by atoms with van der Waals surface area (Å²) >= 11 is 1.90. The summed E-state index contributed by atoms with van der Waals surface area (Å²) < 4.78 is 5.21. The van der Waals surface area contributed by atoms with Crippen LogP contribution < -0.4 is 10.1 Å². The molecule has 0 radical (unpaired) electrons. The van der Waals surface area contributed by atoms with Crippen molar-refractivity contribution >= 4 is 11.3 Å². The molecule has 1 unspecified atom stereocenters. The Kier molecular flexibility index (Phi) is 4.32. The minimum atomic E-state index is 0.463. The van der Waals surface area contributed by atoms with Crippen molar-refractivity contribution in [1.29, 1.82) is 0 Å². The van der Waals surface area contributed by atoms with E-state index in [1.54, 1.807) is 7.11 Å². The molecule has 0 saturated heterocycles. The summed E-state index contributed by atoms with van der Waals surface area (Å²) in [5.74, 6) is 1.64. The van der Waals surface area contributed by atoms with E-state index in [9.17, 15) is 0 Å². The maximum absolute atomic E-state index is 5.21. The number of ether oxygens (including phenoxy) is 1. The maximum atomic E-state index is 5.21. The summed E-state index contributed by atoms with van der Waals surface area (Å²) in [6.07, 6.45) is 2.47. The number of aryl methyl sites for hydroxylation is 1. The molecular weight excluding hydrogens is 278 g/mol. The number of hydrogen-bond acceptors (Lipinski definition) is 3. The lowest BCUT2D eigenvalue weighted by Gasteiger charge is -2.38. The predicted molar refractivity (Wildman–Crippen MR) is 89.4 cm³/mol. The van der Waals surface area contributed by atoms with Gasteiger partial charge in [0.1, 0.15) is 5.75 Å². The summed E-state index contributed by atoms with van der Waals surface area (Å²) in [6, 6.07) is 14.1. The third kappa shape index (κ3) is 3.30. The maximum Gasteiger partial charge on any atom is 0.118 e. The fraction of sp³-hybridized carbons (Fsp3) is 0.444. The van der Waals surface area contributed by atoms with E-state index in [2.05, 4.69) is 55.6 Å². The summed E-state index contributed by atoms with van der Waals surface area (Å²) in [6.45, 7) is 4.44. The van der Waals surface area contributed by atoms with Gasteiger partial charge < -0.3 is 10.1 Å². The molecule has 1 aromatic carbocycles. The van der Waals surface area contributed by atoms with Gasteiger partial charge >= 0.3 is 0 Å². The topological polar surface area (TPSA) is 21.3 Å². The van der Waals surface area contributed by atoms with E-state index in [1.165, 1.54) is 28.2 Å². The van der Waals surface area contributed by atoms with Crippen molar-refractivity contribution in [2.45, 2.75) is 44.7 Å². The lowest BCUT2D eigenvalue weighted by Crippen LogP contribution is -2.41. The number of rotatable bonds is 5. The van der Waals surface area contributed by atoms with Gasteiger partial charge in [-0.2, -0.15) is 0 Å². The van der Waals surface area contributed by atoms with E-state index in [0.717, 1.165) is 5.75 Å². The van der Waals surface area contributed by atoms with Crippen molar-refractivity contribution in [1.82, 2.24) is 5.32 Å². The van der Waals surface area contributed by atoms with Crippen molar-refractivity contribution in [3.63, 3.8) is 0 Å². The lowest BCUT2D eigenvalue weighted by molar-refractivity contribution is 0.272. The molecule has 1 N–H and O–H groups in total. The SMILES string of the molecule is COc1ccc(C2CC(NC(C)c3ccc(C)s3)C2)cc1. The molecule has 0 spiro atoms. The first kappa shape index (κ1) is 14.6. The Balaban J connectivity index is 1.51. The Hall–Kier alpha value is -1.32. The third-order valence-corrected chi connectivity index (χ3v) is 5.58. The number of hydrogen-bond donors (Lipinski definition) is 1. The van der Waals surface area contributed by atoms with Crippen molar-refractivity contribution in [2.24, 2.45) is 0 Å². The molecule has 0 bridgehead atoms. The highest BCUT2D eigenvalue weighted by atomic mass is 32.1.